The normalized spacial score (nSPS) is 21.7. The summed E-state index contributed by atoms with van der Waals surface area (Å²) in [5, 5.41) is 13.4. The van der Waals surface area contributed by atoms with Gasteiger partial charge in [-0.1, -0.05) is 0 Å². The number of aliphatic hydroxyl groups is 1. The Balaban J connectivity index is 2.15. The smallest absolute Gasteiger partial charge is 0.0954 e. The first-order valence-electron chi connectivity index (χ1n) is 5.11. The molecule has 1 aromatic heterocycles. The Morgan fingerprint density at radius 2 is 2.50 bits per heavy atom. The summed E-state index contributed by atoms with van der Waals surface area (Å²) in [5.41, 5.74) is 1.20. The van der Waals surface area contributed by atoms with Gasteiger partial charge in [-0.25, -0.2) is 4.98 Å². The maximum Gasteiger partial charge on any atom is 0.0954 e. The number of hydrogen-bond donors (Lipinski definition) is 2. The topological polar surface area (TPSA) is 45.2 Å². The molecule has 1 atom stereocenters. The van der Waals surface area contributed by atoms with E-state index >= 15 is 0 Å². The maximum absolute atomic E-state index is 8.84. The van der Waals surface area contributed by atoms with Crippen molar-refractivity contribution in [2.24, 2.45) is 0 Å². The van der Waals surface area contributed by atoms with Crippen molar-refractivity contribution in [1.29, 1.82) is 0 Å². The zero-order valence-corrected chi connectivity index (χ0v) is 9.23. The molecule has 2 N–H and O–H groups in total. The minimum atomic E-state index is 0.199. The van der Waals surface area contributed by atoms with Crippen molar-refractivity contribution >= 4 is 11.3 Å². The van der Waals surface area contributed by atoms with E-state index in [2.05, 4.69) is 17.2 Å². The van der Waals surface area contributed by atoms with E-state index in [1.807, 2.05) is 0 Å². The Morgan fingerprint density at radius 3 is 3.14 bits per heavy atom. The molecule has 2 rings (SSSR count). The molecular formula is C10H16N2OS. The van der Waals surface area contributed by atoms with E-state index in [4.69, 9.17) is 5.11 Å². The van der Waals surface area contributed by atoms with Gasteiger partial charge >= 0.3 is 0 Å². The lowest BCUT2D eigenvalue weighted by Gasteiger charge is -2.07. The van der Waals surface area contributed by atoms with Crippen molar-refractivity contribution < 1.29 is 5.11 Å². The molecular weight excluding hydrogens is 196 g/mol. The van der Waals surface area contributed by atoms with Crippen LogP contribution in [0.5, 0.6) is 0 Å². The molecule has 0 aromatic carbocycles. The Bertz CT molecular complexity index is 305. The third-order valence-corrected chi connectivity index (χ3v) is 3.64. The zero-order chi connectivity index (χ0) is 9.97. The van der Waals surface area contributed by atoms with Gasteiger partial charge in [-0.05, 0) is 26.3 Å². The van der Waals surface area contributed by atoms with Gasteiger partial charge in [0.1, 0.15) is 0 Å². The SMILES string of the molecule is Cc1sc(CCO)nc1C1CCCN1. The summed E-state index contributed by atoms with van der Waals surface area (Å²) in [7, 11) is 0. The van der Waals surface area contributed by atoms with Crippen molar-refractivity contribution in [3.63, 3.8) is 0 Å². The third-order valence-electron chi connectivity index (χ3n) is 2.59. The summed E-state index contributed by atoms with van der Waals surface area (Å²) in [6.45, 7) is 3.43. The van der Waals surface area contributed by atoms with Gasteiger partial charge in [0, 0.05) is 17.9 Å². The fourth-order valence-electron chi connectivity index (χ4n) is 1.91. The Hall–Kier alpha value is -0.450. The summed E-state index contributed by atoms with van der Waals surface area (Å²) < 4.78 is 0. The average Bonchev–Trinajstić information content (AvgIpc) is 2.74. The first-order chi connectivity index (χ1) is 6.81. The van der Waals surface area contributed by atoms with Gasteiger partial charge in [0.25, 0.3) is 0 Å². The zero-order valence-electron chi connectivity index (χ0n) is 8.42. The van der Waals surface area contributed by atoms with E-state index in [0.29, 0.717) is 12.5 Å². The van der Waals surface area contributed by atoms with Gasteiger partial charge < -0.3 is 10.4 Å². The number of nitrogens with zero attached hydrogens (tertiary/aromatic N) is 1. The van der Waals surface area contributed by atoms with Crippen molar-refractivity contribution in [2.75, 3.05) is 13.2 Å². The van der Waals surface area contributed by atoms with Crippen LogP contribution >= 0.6 is 11.3 Å². The molecule has 1 aliphatic heterocycles. The highest BCUT2D eigenvalue weighted by molar-refractivity contribution is 7.11. The Labute approximate surface area is 88.2 Å². The maximum atomic E-state index is 8.84. The van der Waals surface area contributed by atoms with Crippen LogP contribution in [-0.4, -0.2) is 23.2 Å². The number of thiazole rings is 1. The Kier molecular flexibility index (Phi) is 3.15. The van der Waals surface area contributed by atoms with E-state index in [-0.39, 0.29) is 6.61 Å². The minimum absolute atomic E-state index is 0.199. The highest BCUT2D eigenvalue weighted by Crippen LogP contribution is 2.28. The van der Waals surface area contributed by atoms with Gasteiger partial charge in [0.2, 0.25) is 0 Å². The number of aromatic nitrogens is 1. The van der Waals surface area contributed by atoms with Crippen LogP contribution in [0.1, 0.15) is 34.5 Å². The molecule has 4 heteroatoms. The van der Waals surface area contributed by atoms with Gasteiger partial charge in [-0.15, -0.1) is 11.3 Å². The molecule has 0 aliphatic carbocycles. The standard InChI is InChI=1S/C10H16N2OS/c1-7-10(8-3-2-5-11-8)12-9(14-7)4-6-13/h8,11,13H,2-6H2,1H3. The molecule has 78 valence electrons. The van der Waals surface area contributed by atoms with Crippen molar-refractivity contribution in [3.8, 4) is 0 Å². The number of hydrogen-bond acceptors (Lipinski definition) is 4. The van der Waals surface area contributed by atoms with E-state index < -0.39 is 0 Å². The summed E-state index contributed by atoms with van der Waals surface area (Å²) in [4.78, 5) is 5.88. The molecule has 1 fully saturated rings. The van der Waals surface area contributed by atoms with Gasteiger partial charge in [-0.2, -0.15) is 0 Å². The van der Waals surface area contributed by atoms with E-state index in [9.17, 15) is 0 Å². The summed E-state index contributed by atoms with van der Waals surface area (Å²) in [5.74, 6) is 0. The molecule has 0 saturated carbocycles. The van der Waals surface area contributed by atoms with Gasteiger partial charge in [0.05, 0.1) is 16.7 Å². The average molecular weight is 212 g/mol. The Morgan fingerprint density at radius 1 is 1.64 bits per heavy atom. The fraction of sp³-hybridized carbons (Fsp3) is 0.700. The van der Waals surface area contributed by atoms with Crippen molar-refractivity contribution in [3.05, 3.63) is 15.6 Å². The van der Waals surface area contributed by atoms with Crippen LogP contribution in [0.3, 0.4) is 0 Å². The van der Waals surface area contributed by atoms with Crippen molar-refractivity contribution in [2.45, 2.75) is 32.2 Å². The van der Waals surface area contributed by atoms with Crippen LogP contribution in [0.2, 0.25) is 0 Å². The van der Waals surface area contributed by atoms with Crippen LogP contribution in [0.25, 0.3) is 0 Å². The number of aliphatic hydroxyl groups excluding tert-OH is 1. The summed E-state index contributed by atoms with van der Waals surface area (Å²) in [6, 6.07) is 0.457. The first kappa shape index (κ1) is 10.1. The van der Waals surface area contributed by atoms with Crippen LogP contribution in [-0.2, 0) is 6.42 Å². The highest BCUT2D eigenvalue weighted by atomic mass is 32.1. The fourth-order valence-corrected chi connectivity index (χ4v) is 2.89. The molecule has 14 heavy (non-hydrogen) atoms. The van der Waals surface area contributed by atoms with Gasteiger partial charge in [0.15, 0.2) is 0 Å². The second-order valence-corrected chi connectivity index (χ2v) is 4.96. The lowest BCUT2D eigenvalue weighted by atomic mass is 10.1. The predicted octanol–water partition coefficient (Wildman–Crippen LogP) is 1.41. The lowest BCUT2D eigenvalue weighted by Crippen LogP contribution is -2.14. The molecule has 1 saturated heterocycles. The number of nitrogens with one attached hydrogen (secondary N) is 1. The van der Waals surface area contributed by atoms with Crippen LogP contribution in [0.4, 0.5) is 0 Å². The monoisotopic (exact) mass is 212 g/mol. The molecule has 0 bridgehead atoms. The van der Waals surface area contributed by atoms with Crippen LogP contribution in [0, 0.1) is 6.92 Å². The third kappa shape index (κ3) is 1.97. The molecule has 2 heterocycles. The molecule has 1 aromatic rings. The van der Waals surface area contributed by atoms with E-state index in [0.717, 1.165) is 11.6 Å². The molecule has 0 amide bonds. The first-order valence-corrected chi connectivity index (χ1v) is 5.93. The summed E-state index contributed by atoms with van der Waals surface area (Å²) in [6.07, 6.45) is 3.14. The number of aryl methyl sites for hydroxylation is 1. The number of rotatable bonds is 3. The molecule has 0 spiro atoms. The van der Waals surface area contributed by atoms with E-state index in [1.54, 1.807) is 11.3 Å². The highest BCUT2D eigenvalue weighted by Gasteiger charge is 2.21. The molecule has 0 radical (unpaired) electrons. The second kappa shape index (κ2) is 4.38. The minimum Gasteiger partial charge on any atom is -0.396 e. The molecule has 3 nitrogen and oxygen atoms in total. The lowest BCUT2D eigenvalue weighted by molar-refractivity contribution is 0.299. The van der Waals surface area contributed by atoms with Crippen molar-refractivity contribution in [1.82, 2.24) is 10.3 Å². The van der Waals surface area contributed by atoms with Crippen LogP contribution in [0.15, 0.2) is 0 Å². The molecule has 1 unspecified atom stereocenters. The summed E-state index contributed by atoms with van der Waals surface area (Å²) >= 11 is 1.71. The van der Waals surface area contributed by atoms with Crippen LogP contribution < -0.4 is 5.32 Å². The molecule has 1 aliphatic rings. The van der Waals surface area contributed by atoms with E-state index in [1.165, 1.54) is 23.4 Å². The second-order valence-electron chi connectivity index (χ2n) is 3.67. The quantitative estimate of drug-likeness (QED) is 0.796. The predicted molar refractivity (Wildman–Crippen MR) is 57.6 cm³/mol. The largest absolute Gasteiger partial charge is 0.396 e. The van der Waals surface area contributed by atoms with Gasteiger partial charge in [-0.3, -0.25) is 0 Å².